The lowest BCUT2D eigenvalue weighted by Crippen LogP contribution is -2.19. The smallest absolute Gasteiger partial charge is 0.331 e. The van der Waals surface area contributed by atoms with Crippen molar-refractivity contribution in [2.45, 2.75) is 13.3 Å². The van der Waals surface area contributed by atoms with Crippen LogP contribution in [0.5, 0.6) is 5.75 Å². The zero-order valence-corrected chi connectivity index (χ0v) is 14.4. The number of halogens is 1. The second kappa shape index (κ2) is 8.97. The van der Waals surface area contributed by atoms with Crippen molar-refractivity contribution < 1.29 is 23.5 Å². The third kappa shape index (κ3) is 5.42. The number of nitrogens with zero attached hydrogens (tertiary/aromatic N) is 2. The molecule has 0 saturated carbocycles. The Kier molecular flexibility index (Phi) is 6.70. The van der Waals surface area contributed by atoms with Crippen LogP contribution in [0.3, 0.4) is 0 Å². The topological polar surface area (TPSA) is 89.4 Å². The number of hydrogen-bond acceptors (Lipinski definition) is 7. The number of ether oxygens (including phenoxy) is 2. The Morgan fingerprint density at radius 1 is 1.44 bits per heavy atom. The van der Waals surface area contributed by atoms with Crippen molar-refractivity contribution in [3.63, 3.8) is 0 Å². The van der Waals surface area contributed by atoms with Gasteiger partial charge in [-0.3, -0.25) is 10.1 Å². The van der Waals surface area contributed by atoms with Gasteiger partial charge < -0.3 is 9.47 Å². The lowest BCUT2D eigenvalue weighted by atomic mass is 10.2. The molecule has 2 rings (SSSR count). The molecule has 1 heterocycles. The lowest BCUT2D eigenvalue weighted by Gasteiger charge is -2.07. The van der Waals surface area contributed by atoms with E-state index >= 15 is 0 Å². The number of amidine groups is 1. The van der Waals surface area contributed by atoms with Gasteiger partial charge in [0.15, 0.2) is 5.17 Å². The van der Waals surface area contributed by atoms with E-state index in [2.05, 4.69) is 20.3 Å². The molecular formula is C16H16FN3O4S. The molecule has 9 heteroatoms. The first-order valence-electron chi connectivity index (χ1n) is 7.35. The molecule has 0 unspecified atom stereocenters. The molecule has 0 atom stereocenters. The predicted molar refractivity (Wildman–Crippen MR) is 93.0 cm³/mol. The standard InChI is InChI=1S/C16H16FN3O4S/c1-3-6-24-12-5-4-11(17)7-10(12)9-18-20-16-19-15(22)13(25-16)8-14(21)23-2/h4-5,7-9H,3,6H2,1-2H3,(H,19,20,22)/b13-8+,18-9?. The Hall–Kier alpha value is -2.68. The van der Waals surface area contributed by atoms with Gasteiger partial charge in [-0.2, -0.15) is 5.10 Å². The summed E-state index contributed by atoms with van der Waals surface area (Å²) in [5.74, 6) is -1.05. The first-order valence-corrected chi connectivity index (χ1v) is 8.17. The predicted octanol–water partition coefficient (Wildman–Crippen LogP) is 2.22. The molecule has 1 aliphatic rings. The second-order valence-corrected chi connectivity index (χ2v) is 5.80. The normalized spacial score (nSPS) is 17.3. The van der Waals surface area contributed by atoms with E-state index in [-0.39, 0.29) is 10.1 Å². The van der Waals surface area contributed by atoms with Gasteiger partial charge in [0.05, 0.1) is 24.8 Å². The maximum atomic E-state index is 13.4. The van der Waals surface area contributed by atoms with Gasteiger partial charge in [0.25, 0.3) is 5.91 Å². The zero-order valence-electron chi connectivity index (χ0n) is 13.6. The number of carbonyl (C=O) groups excluding carboxylic acids is 2. The van der Waals surface area contributed by atoms with Crippen molar-refractivity contribution in [2.75, 3.05) is 13.7 Å². The Labute approximate surface area is 148 Å². The highest BCUT2D eigenvalue weighted by Gasteiger charge is 2.25. The maximum Gasteiger partial charge on any atom is 0.331 e. The first kappa shape index (κ1) is 18.7. The molecule has 1 fully saturated rings. The molecule has 0 spiro atoms. The van der Waals surface area contributed by atoms with E-state index in [0.29, 0.717) is 17.9 Å². The largest absolute Gasteiger partial charge is 0.493 e. The fraction of sp³-hybridized carbons (Fsp3) is 0.250. The molecule has 7 nitrogen and oxygen atoms in total. The van der Waals surface area contributed by atoms with Crippen LogP contribution in [0.25, 0.3) is 0 Å². The third-order valence-corrected chi connectivity index (χ3v) is 3.78. The molecule has 132 valence electrons. The van der Waals surface area contributed by atoms with E-state index in [1.165, 1.54) is 31.5 Å². The van der Waals surface area contributed by atoms with E-state index in [1.54, 1.807) is 0 Å². The average Bonchev–Trinajstić information content (AvgIpc) is 2.93. The molecule has 1 aliphatic heterocycles. The van der Waals surface area contributed by atoms with Crippen LogP contribution in [0.1, 0.15) is 18.9 Å². The highest BCUT2D eigenvalue weighted by atomic mass is 32.2. The SMILES string of the molecule is CCCOc1ccc(F)cc1C=N/N=C1/NC(=O)/C(=C\C(=O)OC)S1. The Morgan fingerprint density at radius 3 is 2.96 bits per heavy atom. The number of benzene rings is 1. The molecule has 1 saturated heterocycles. The van der Waals surface area contributed by atoms with Crippen molar-refractivity contribution in [2.24, 2.45) is 10.2 Å². The van der Waals surface area contributed by atoms with E-state index in [4.69, 9.17) is 4.74 Å². The van der Waals surface area contributed by atoms with Crippen molar-refractivity contribution in [3.8, 4) is 5.75 Å². The van der Waals surface area contributed by atoms with Crippen LogP contribution in [0, 0.1) is 5.82 Å². The number of thioether (sulfide) groups is 1. The summed E-state index contributed by atoms with van der Waals surface area (Å²) in [4.78, 5) is 23.0. The van der Waals surface area contributed by atoms with Gasteiger partial charge in [-0.15, -0.1) is 5.10 Å². The number of methoxy groups -OCH3 is 1. The minimum absolute atomic E-state index is 0.151. The molecule has 1 N–H and O–H groups in total. The van der Waals surface area contributed by atoms with Crippen LogP contribution in [0.2, 0.25) is 0 Å². The summed E-state index contributed by atoms with van der Waals surface area (Å²) in [7, 11) is 1.22. The van der Waals surface area contributed by atoms with Crippen molar-refractivity contribution in [3.05, 3.63) is 40.6 Å². The molecule has 0 aliphatic carbocycles. The molecule has 0 aromatic heterocycles. The maximum absolute atomic E-state index is 13.4. The highest BCUT2D eigenvalue weighted by Crippen LogP contribution is 2.23. The summed E-state index contributed by atoms with van der Waals surface area (Å²) in [6.45, 7) is 2.46. The van der Waals surface area contributed by atoms with Gasteiger partial charge in [-0.05, 0) is 36.4 Å². The van der Waals surface area contributed by atoms with Gasteiger partial charge >= 0.3 is 5.97 Å². The van der Waals surface area contributed by atoms with Crippen LogP contribution >= 0.6 is 11.8 Å². The Bertz CT molecular complexity index is 762. The number of esters is 1. The highest BCUT2D eigenvalue weighted by molar-refractivity contribution is 8.18. The summed E-state index contributed by atoms with van der Waals surface area (Å²) in [5, 5.41) is 10.3. The monoisotopic (exact) mass is 365 g/mol. The zero-order chi connectivity index (χ0) is 18.2. The van der Waals surface area contributed by atoms with E-state index in [9.17, 15) is 14.0 Å². The van der Waals surface area contributed by atoms with Gasteiger partial charge in [-0.1, -0.05) is 6.92 Å². The van der Waals surface area contributed by atoms with Gasteiger partial charge in [0, 0.05) is 11.6 Å². The number of amides is 1. The summed E-state index contributed by atoms with van der Waals surface area (Å²) < 4.78 is 23.4. The quantitative estimate of drug-likeness (QED) is 0.361. The van der Waals surface area contributed by atoms with E-state index < -0.39 is 17.7 Å². The number of hydrogen-bond donors (Lipinski definition) is 1. The van der Waals surface area contributed by atoms with Crippen LogP contribution in [0.4, 0.5) is 4.39 Å². The van der Waals surface area contributed by atoms with Crippen LogP contribution < -0.4 is 10.1 Å². The fourth-order valence-electron chi connectivity index (χ4n) is 1.75. The van der Waals surface area contributed by atoms with Crippen molar-refractivity contribution in [1.29, 1.82) is 0 Å². The van der Waals surface area contributed by atoms with E-state index in [1.807, 2.05) is 6.92 Å². The molecule has 1 amide bonds. The molecule has 0 radical (unpaired) electrons. The summed E-state index contributed by atoms with van der Waals surface area (Å²) in [6.07, 6.45) is 3.21. The lowest BCUT2D eigenvalue weighted by molar-refractivity contribution is -0.135. The molecular weight excluding hydrogens is 349 g/mol. The molecule has 1 aromatic rings. The summed E-state index contributed by atoms with van der Waals surface area (Å²) in [6, 6.07) is 4.09. The Morgan fingerprint density at radius 2 is 2.24 bits per heavy atom. The van der Waals surface area contributed by atoms with Crippen molar-refractivity contribution >= 4 is 35.0 Å². The number of carbonyl (C=O) groups is 2. The minimum Gasteiger partial charge on any atom is -0.493 e. The Balaban J connectivity index is 2.11. The number of rotatable bonds is 6. The van der Waals surface area contributed by atoms with E-state index in [0.717, 1.165) is 24.3 Å². The van der Waals surface area contributed by atoms with Crippen molar-refractivity contribution in [1.82, 2.24) is 5.32 Å². The molecule has 1 aromatic carbocycles. The summed E-state index contributed by atoms with van der Waals surface area (Å²) in [5.41, 5.74) is 0.428. The van der Waals surface area contributed by atoms with Crippen LogP contribution in [-0.4, -0.2) is 37.0 Å². The van der Waals surface area contributed by atoms with Gasteiger partial charge in [-0.25, -0.2) is 9.18 Å². The first-order chi connectivity index (χ1) is 12.0. The average molecular weight is 365 g/mol. The van der Waals surface area contributed by atoms with Gasteiger partial charge in [0.2, 0.25) is 0 Å². The summed E-state index contributed by atoms with van der Waals surface area (Å²) >= 11 is 0.949. The second-order valence-electron chi connectivity index (χ2n) is 4.77. The minimum atomic E-state index is -0.639. The molecule has 25 heavy (non-hydrogen) atoms. The number of nitrogens with one attached hydrogen (secondary N) is 1. The molecule has 0 bridgehead atoms. The van der Waals surface area contributed by atoms with Crippen LogP contribution in [0.15, 0.2) is 39.4 Å². The van der Waals surface area contributed by atoms with Crippen LogP contribution in [-0.2, 0) is 14.3 Å². The fourth-order valence-corrected chi connectivity index (χ4v) is 2.49. The third-order valence-electron chi connectivity index (χ3n) is 2.88. The van der Waals surface area contributed by atoms with Gasteiger partial charge in [0.1, 0.15) is 11.6 Å².